The van der Waals surface area contributed by atoms with Crippen LogP contribution < -0.4 is 11.1 Å². The first-order valence-electron chi connectivity index (χ1n) is 11.8. The highest BCUT2D eigenvalue weighted by molar-refractivity contribution is 9.10. The van der Waals surface area contributed by atoms with Crippen molar-refractivity contribution in [2.24, 2.45) is 5.92 Å². The molecule has 1 amide bonds. The van der Waals surface area contributed by atoms with Gasteiger partial charge in [0.05, 0.1) is 11.8 Å². The number of hydrogen-bond acceptors (Lipinski definition) is 7. The Hall–Kier alpha value is -2.75. The Morgan fingerprint density at radius 1 is 1.25 bits per heavy atom. The molecule has 36 heavy (non-hydrogen) atoms. The number of halogens is 1. The summed E-state index contributed by atoms with van der Waals surface area (Å²) in [5.74, 6) is -0.223. The molecule has 9 heteroatoms. The molecule has 6 nitrogen and oxygen atoms in total. The van der Waals surface area contributed by atoms with Crippen molar-refractivity contribution in [3.8, 4) is 11.1 Å². The Labute approximate surface area is 226 Å². The average molecular weight is 585 g/mol. The third-order valence-corrected chi connectivity index (χ3v) is 8.80. The van der Waals surface area contributed by atoms with Crippen LogP contribution in [0.5, 0.6) is 0 Å². The Morgan fingerprint density at radius 2 is 2.00 bits per heavy atom. The van der Waals surface area contributed by atoms with Crippen LogP contribution in [-0.4, -0.2) is 23.0 Å². The van der Waals surface area contributed by atoms with Crippen molar-refractivity contribution in [1.29, 1.82) is 0 Å². The number of fused-ring (bicyclic) bond motifs is 2. The summed E-state index contributed by atoms with van der Waals surface area (Å²) >= 11 is 6.03. The van der Waals surface area contributed by atoms with E-state index >= 15 is 0 Å². The number of anilines is 2. The molecule has 4 aromatic rings. The molecule has 0 bridgehead atoms. The fourth-order valence-electron chi connectivity index (χ4n) is 4.47. The van der Waals surface area contributed by atoms with Crippen molar-refractivity contribution >= 4 is 71.4 Å². The van der Waals surface area contributed by atoms with Gasteiger partial charge >= 0.3 is 5.97 Å². The molecule has 186 valence electrons. The maximum Gasteiger partial charge on any atom is 0.342 e. The van der Waals surface area contributed by atoms with Crippen molar-refractivity contribution in [3.63, 3.8) is 0 Å². The number of hydrogen-bond donors (Lipinski definition) is 2. The molecular weight excluding hydrogens is 558 g/mol. The zero-order valence-electron chi connectivity index (χ0n) is 20.2. The van der Waals surface area contributed by atoms with Gasteiger partial charge in [0.2, 0.25) is 0 Å². The van der Waals surface area contributed by atoms with Crippen LogP contribution in [0.1, 0.15) is 58.5 Å². The molecule has 3 N–H and O–H groups in total. The topological polar surface area (TPSA) is 94.3 Å². The van der Waals surface area contributed by atoms with Gasteiger partial charge in [-0.25, -0.2) is 9.78 Å². The van der Waals surface area contributed by atoms with Gasteiger partial charge < -0.3 is 15.8 Å². The fraction of sp³-hybridized carbons (Fsp3) is 0.296. The summed E-state index contributed by atoms with van der Waals surface area (Å²) in [6.45, 7) is 5.84. The average Bonchev–Trinajstić information content (AvgIpc) is 3.39. The van der Waals surface area contributed by atoms with Gasteiger partial charge in [0.15, 0.2) is 0 Å². The zero-order chi connectivity index (χ0) is 25.6. The number of nitrogen functional groups attached to an aromatic ring is 1. The standard InChI is InChI=1S/C27H26BrN3O3S2/c1-13(2)34-27(33)21-19(15-5-7-17(28)8-6-15)12-35-26(21)31-24(32)23-22(29)18-11-16-10-14(3)4-9-20(16)30-25(18)36-23/h5-8,11-14H,4,9-10,29H2,1-3H3,(H,31,32). The number of rotatable bonds is 5. The van der Waals surface area contributed by atoms with Crippen molar-refractivity contribution in [2.75, 3.05) is 11.1 Å². The van der Waals surface area contributed by atoms with Crippen LogP contribution in [0, 0.1) is 5.92 Å². The van der Waals surface area contributed by atoms with Gasteiger partial charge in [0, 0.05) is 26.5 Å². The fourth-order valence-corrected chi connectivity index (χ4v) is 6.68. The molecule has 0 fully saturated rings. The Kier molecular flexibility index (Phi) is 6.89. The number of aromatic nitrogens is 1. The first-order valence-corrected chi connectivity index (χ1v) is 14.3. The molecule has 1 unspecified atom stereocenters. The monoisotopic (exact) mass is 583 g/mol. The molecule has 1 atom stereocenters. The lowest BCUT2D eigenvalue weighted by Gasteiger charge is -2.20. The van der Waals surface area contributed by atoms with E-state index in [0.29, 0.717) is 32.6 Å². The van der Waals surface area contributed by atoms with Crippen LogP contribution in [0.2, 0.25) is 0 Å². The third-order valence-electron chi connectivity index (χ3n) is 6.26. The van der Waals surface area contributed by atoms with Crippen molar-refractivity contribution < 1.29 is 14.3 Å². The van der Waals surface area contributed by atoms with Crippen LogP contribution in [0.15, 0.2) is 40.2 Å². The van der Waals surface area contributed by atoms with Gasteiger partial charge in [-0.2, -0.15) is 0 Å². The minimum atomic E-state index is -0.479. The van der Waals surface area contributed by atoms with E-state index in [4.69, 9.17) is 15.5 Å². The van der Waals surface area contributed by atoms with Crippen molar-refractivity contribution in [3.05, 3.63) is 61.9 Å². The summed E-state index contributed by atoms with van der Waals surface area (Å²) in [6, 6.07) is 9.75. The number of nitrogens with zero attached hydrogens (tertiary/aromatic N) is 1. The van der Waals surface area contributed by atoms with Crippen molar-refractivity contribution in [1.82, 2.24) is 4.98 Å². The van der Waals surface area contributed by atoms with E-state index in [1.165, 1.54) is 28.2 Å². The number of nitrogens with one attached hydrogen (secondary N) is 1. The van der Waals surface area contributed by atoms with Gasteiger partial charge in [-0.3, -0.25) is 4.79 Å². The first-order chi connectivity index (χ1) is 17.2. The van der Waals surface area contributed by atoms with Crippen LogP contribution in [0.25, 0.3) is 21.3 Å². The number of ether oxygens (including phenoxy) is 1. The molecule has 0 spiro atoms. The molecular formula is C27H26BrN3O3S2. The summed E-state index contributed by atoms with van der Waals surface area (Å²) in [6.07, 6.45) is 2.75. The predicted molar refractivity (Wildman–Crippen MR) is 151 cm³/mol. The molecule has 0 saturated heterocycles. The summed E-state index contributed by atoms with van der Waals surface area (Å²) in [7, 11) is 0. The molecule has 0 radical (unpaired) electrons. The molecule has 0 saturated carbocycles. The number of thiophene rings is 2. The van der Waals surface area contributed by atoms with E-state index in [1.807, 2.05) is 29.6 Å². The molecule has 3 aromatic heterocycles. The summed E-state index contributed by atoms with van der Waals surface area (Å²) < 4.78 is 6.46. The van der Waals surface area contributed by atoms with E-state index in [0.717, 1.165) is 45.2 Å². The van der Waals surface area contributed by atoms with Gasteiger partial charge in [0.1, 0.15) is 20.3 Å². The molecule has 5 rings (SSSR count). The van der Waals surface area contributed by atoms with E-state index in [1.54, 1.807) is 13.8 Å². The van der Waals surface area contributed by atoms with E-state index in [-0.39, 0.29) is 12.0 Å². The van der Waals surface area contributed by atoms with Gasteiger partial charge in [-0.15, -0.1) is 22.7 Å². The third kappa shape index (κ3) is 4.79. The second kappa shape index (κ2) is 9.95. The highest BCUT2D eigenvalue weighted by atomic mass is 79.9. The van der Waals surface area contributed by atoms with Crippen LogP contribution in [0.3, 0.4) is 0 Å². The smallest absolute Gasteiger partial charge is 0.342 e. The maximum atomic E-state index is 13.4. The lowest BCUT2D eigenvalue weighted by molar-refractivity contribution is 0.0380. The van der Waals surface area contributed by atoms with E-state index < -0.39 is 5.97 Å². The van der Waals surface area contributed by atoms with Crippen molar-refractivity contribution in [2.45, 2.75) is 46.1 Å². The zero-order valence-corrected chi connectivity index (χ0v) is 23.4. The highest BCUT2D eigenvalue weighted by Gasteiger charge is 2.27. The van der Waals surface area contributed by atoms with Crippen LogP contribution in [0.4, 0.5) is 10.7 Å². The number of carbonyl (C=O) groups excluding carboxylic acids is 2. The Bertz CT molecular complexity index is 1470. The Balaban J connectivity index is 1.50. The number of benzene rings is 1. The molecule has 1 aliphatic carbocycles. The maximum absolute atomic E-state index is 13.4. The molecule has 3 heterocycles. The molecule has 0 aliphatic heterocycles. The van der Waals surface area contributed by atoms with Crippen LogP contribution in [-0.2, 0) is 17.6 Å². The largest absolute Gasteiger partial charge is 0.459 e. The number of nitrogens with two attached hydrogens (primary N) is 1. The quantitative estimate of drug-likeness (QED) is 0.240. The minimum Gasteiger partial charge on any atom is -0.459 e. The minimum absolute atomic E-state index is 0.295. The second-order valence-electron chi connectivity index (χ2n) is 9.41. The first kappa shape index (κ1) is 24.9. The normalized spacial score (nSPS) is 15.2. The number of aryl methyl sites for hydroxylation is 1. The van der Waals surface area contributed by atoms with Gasteiger partial charge in [0.25, 0.3) is 5.91 Å². The van der Waals surface area contributed by atoms with Crippen LogP contribution >= 0.6 is 38.6 Å². The molecule has 1 aromatic carbocycles. The summed E-state index contributed by atoms with van der Waals surface area (Å²) in [4.78, 5) is 32.5. The summed E-state index contributed by atoms with van der Waals surface area (Å²) in [5.41, 5.74) is 11.1. The second-order valence-corrected chi connectivity index (χ2v) is 12.2. The predicted octanol–water partition coefficient (Wildman–Crippen LogP) is 7.31. The van der Waals surface area contributed by atoms with Gasteiger partial charge in [-0.1, -0.05) is 35.0 Å². The number of pyridine rings is 1. The number of carbonyl (C=O) groups is 2. The molecule has 1 aliphatic rings. The Morgan fingerprint density at radius 3 is 2.72 bits per heavy atom. The lowest BCUT2D eigenvalue weighted by atomic mass is 9.87. The lowest BCUT2D eigenvalue weighted by Crippen LogP contribution is -2.16. The number of amides is 1. The van der Waals surface area contributed by atoms with E-state index in [9.17, 15) is 9.59 Å². The SMILES string of the molecule is CC1CCc2nc3sc(C(=O)Nc4scc(-c5ccc(Br)cc5)c4C(=O)OC(C)C)c(N)c3cc2C1. The highest BCUT2D eigenvalue weighted by Crippen LogP contribution is 2.40. The number of esters is 1. The van der Waals surface area contributed by atoms with Gasteiger partial charge in [-0.05, 0) is 68.4 Å². The summed E-state index contributed by atoms with van der Waals surface area (Å²) in [5, 5.41) is 6.05. The van der Waals surface area contributed by atoms with E-state index in [2.05, 4.69) is 34.2 Å².